The Kier molecular flexibility index (Phi) is 15.7. The lowest BCUT2D eigenvalue weighted by atomic mass is 9.85. The standard InChI is InChI=1S/C23H40N4S/c1-8-10-11-21(9-2)19(5)20(6)22(16-23(25-7)28-15-13-24)27-17-26-14-12-18(3)4/h8-11,16,18-20,26H,2,7,12-15,17,24H2,1,3-6H3/b10-8-,21-11+,23-16+,27-22+. The second kappa shape index (κ2) is 16.5. The highest BCUT2D eigenvalue weighted by Crippen LogP contribution is 2.25. The number of thioether (sulfide) groups is 1. The molecule has 0 spiro atoms. The summed E-state index contributed by atoms with van der Waals surface area (Å²) in [5.41, 5.74) is 7.85. The van der Waals surface area contributed by atoms with Gasteiger partial charge in [-0.3, -0.25) is 15.3 Å². The summed E-state index contributed by atoms with van der Waals surface area (Å²) >= 11 is 1.61. The smallest absolute Gasteiger partial charge is 0.0971 e. The summed E-state index contributed by atoms with van der Waals surface area (Å²) in [6.45, 7) is 20.8. The largest absolute Gasteiger partial charge is 0.330 e. The van der Waals surface area contributed by atoms with E-state index in [0.717, 1.165) is 29.5 Å². The molecule has 0 aromatic rings. The Morgan fingerprint density at radius 1 is 1.21 bits per heavy atom. The van der Waals surface area contributed by atoms with Crippen LogP contribution in [0.4, 0.5) is 0 Å². The van der Waals surface area contributed by atoms with E-state index in [-0.39, 0.29) is 11.8 Å². The molecule has 28 heavy (non-hydrogen) atoms. The molecule has 0 aliphatic rings. The van der Waals surface area contributed by atoms with Gasteiger partial charge in [-0.1, -0.05) is 58.6 Å². The molecule has 0 aromatic heterocycles. The van der Waals surface area contributed by atoms with Gasteiger partial charge >= 0.3 is 0 Å². The molecule has 0 fully saturated rings. The first-order valence-corrected chi connectivity index (χ1v) is 11.1. The molecule has 0 aliphatic heterocycles. The van der Waals surface area contributed by atoms with Gasteiger partial charge in [0.25, 0.3) is 0 Å². The summed E-state index contributed by atoms with van der Waals surface area (Å²) in [5, 5.41) is 4.28. The lowest BCUT2D eigenvalue weighted by Crippen LogP contribution is -2.23. The lowest BCUT2D eigenvalue weighted by Gasteiger charge is -2.22. The molecule has 0 heterocycles. The van der Waals surface area contributed by atoms with E-state index in [9.17, 15) is 0 Å². The van der Waals surface area contributed by atoms with Gasteiger partial charge < -0.3 is 5.73 Å². The minimum absolute atomic E-state index is 0.219. The van der Waals surface area contributed by atoms with Gasteiger partial charge in [-0.2, -0.15) is 0 Å². The van der Waals surface area contributed by atoms with E-state index in [1.54, 1.807) is 11.8 Å². The predicted molar refractivity (Wildman–Crippen MR) is 130 cm³/mol. The Labute approximate surface area is 177 Å². The van der Waals surface area contributed by atoms with Gasteiger partial charge in [0, 0.05) is 23.9 Å². The Morgan fingerprint density at radius 2 is 1.93 bits per heavy atom. The third kappa shape index (κ3) is 11.4. The van der Waals surface area contributed by atoms with Crippen molar-refractivity contribution in [1.29, 1.82) is 0 Å². The molecule has 0 rings (SSSR count). The fourth-order valence-electron chi connectivity index (χ4n) is 2.52. The van der Waals surface area contributed by atoms with Crippen LogP contribution in [-0.2, 0) is 0 Å². The van der Waals surface area contributed by atoms with Gasteiger partial charge in [-0.25, -0.2) is 0 Å². The Balaban J connectivity index is 5.51. The summed E-state index contributed by atoms with van der Waals surface area (Å²) in [5.74, 6) is 2.00. The molecule has 0 aliphatic carbocycles. The maximum atomic E-state index is 5.64. The van der Waals surface area contributed by atoms with E-state index in [0.29, 0.717) is 19.1 Å². The molecule has 5 heteroatoms. The molecule has 0 saturated carbocycles. The van der Waals surface area contributed by atoms with E-state index in [1.165, 1.54) is 5.57 Å². The van der Waals surface area contributed by atoms with E-state index < -0.39 is 0 Å². The predicted octanol–water partition coefficient (Wildman–Crippen LogP) is 5.22. The van der Waals surface area contributed by atoms with Gasteiger partial charge in [0.05, 0.1) is 11.7 Å². The van der Waals surface area contributed by atoms with Gasteiger partial charge in [-0.05, 0) is 50.1 Å². The van der Waals surface area contributed by atoms with Crippen molar-refractivity contribution >= 4 is 24.2 Å². The number of aliphatic imine (C=N–C) groups is 2. The van der Waals surface area contributed by atoms with E-state index in [2.05, 4.69) is 63.5 Å². The van der Waals surface area contributed by atoms with Crippen LogP contribution in [0.5, 0.6) is 0 Å². The maximum absolute atomic E-state index is 5.64. The number of hydrogen-bond donors (Lipinski definition) is 2. The first-order chi connectivity index (χ1) is 13.4. The second-order valence-electron chi connectivity index (χ2n) is 7.18. The van der Waals surface area contributed by atoms with Crippen LogP contribution in [0.1, 0.15) is 41.0 Å². The fourth-order valence-corrected chi connectivity index (χ4v) is 3.14. The third-order valence-electron chi connectivity index (χ3n) is 4.53. The maximum Gasteiger partial charge on any atom is 0.0971 e. The molecule has 0 amide bonds. The summed E-state index contributed by atoms with van der Waals surface area (Å²) in [6, 6.07) is 0. The summed E-state index contributed by atoms with van der Waals surface area (Å²) in [4.78, 5) is 9.01. The van der Waals surface area contributed by atoms with Crippen molar-refractivity contribution in [3.05, 3.63) is 47.6 Å². The first-order valence-electron chi connectivity index (χ1n) is 10.1. The van der Waals surface area contributed by atoms with Crippen LogP contribution in [-0.4, -0.2) is 37.9 Å². The van der Waals surface area contributed by atoms with Crippen molar-refractivity contribution in [3.63, 3.8) is 0 Å². The number of allylic oxidation sites excluding steroid dienone is 6. The first kappa shape index (κ1) is 26.6. The monoisotopic (exact) mass is 404 g/mol. The summed E-state index contributed by atoms with van der Waals surface area (Å²) in [6.07, 6.45) is 11.3. The van der Waals surface area contributed by atoms with Crippen molar-refractivity contribution in [2.24, 2.45) is 33.5 Å². The van der Waals surface area contributed by atoms with E-state index >= 15 is 0 Å². The van der Waals surface area contributed by atoms with Crippen molar-refractivity contribution in [2.75, 3.05) is 25.5 Å². The average molecular weight is 405 g/mol. The van der Waals surface area contributed by atoms with Gasteiger partial charge in [-0.15, -0.1) is 11.8 Å². The van der Waals surface area contributed by atoms with E-state index in [1.807, 2.05) is 25.2 Å². The molecule has 3 N–H and O–H groups in total. The molecule has 4 nitrogen and oxygen atoms in total. The SMILES string of the molecule is C=C/C(=C\C=C/C)C(C)C(C)C(/C=C(\N=C)SCCN)=N/CNCCC(C)C. The lowest BCUT2D eigenvalue weighted by molar-refractivity contribution is 0.538. The van der Waals surface area contributed by atoms with Crippen LogP contribution in [0.2, 0.25) is 0 Å². The minimum atomic E-state index is 0.219. The zero-order valence-electron chi connectivity index (χ0n) is 18.4. The topological polar surface area (TPSA) is 62.8 Å². The highest BCUT2D eigenvalue weighted by atomic mass is 32.2. The summed E-state index contributed by atoms with van der Waals surface area (Å²) in [7, 11) is 0. The van der Waals surface area contributed by atoms with Crippen LogP contribution in [0.25, 0.3) is 0 Å². The molecule has 158 valence electrons. The zero-order valence-corrected chi connectivity index (χ0v) is 19.3. The molecule has 2 unspecified atom stereocenters. The van der Waals surface area contributed by atoms with Crippen molar-refractivity contribution < 1.29 is 0 Å². The molecule has 0 bridgehead atoms. The van der Waals surface area contributed by atoms with Crippen LogP contribution in [0.15, 0.2) is 57.5 Å². The van der Waals surface area contributed by atoms with Crippen LogP contribution in [0.3, 0.4) is 0 Å². The van der Waals surface area contributed by atoms with Gasteiger partial charge in [0.1, 0.15) is 0 Å². The van der Waals surface area contributed by atoms with E-state index in [4.69, 9.17) is 10.7 Å². The number of nitrogens with two attached hydrogens (primary N) is 1. The van der Waals surface area contributed by atoms with Crippen molar-refractivity contribution in [2.45, 2.75) is 41.0 Å². The number of hydrogen-bond acceptors (Lipinski definition) is 5. The number of nitrogens with one attached hydrogen (secondary N) is 1. The normalized spacial score (nSPS) is 15.9. The highest BCUT2D eigenvalue weighted by Gasteiger charge is 2.19. The van der Waals surface area contributed by atoms with Gasteiger partial charge in [0.15, 0.2) is 0 Å². The molecular formula is C23H40N4S. The average Bonchev–Trinajstić information content (AvgIpc) is 2.68. The number of nitrogens with zero attached hydrogens (tertiary/aromatic N) is 2. The van der Waals surface area contributed by atoms with Crippen LogP contribution < -0.4 is 11.1 Å². The molecule has 0 aromatic carbocycles. The van der Waals surface area contributed by atoms with Crippen LogP contribution in [0, 0.1) is 17.8 Å². The molecule has 2 atom stereocenters. The Hall–Kier alpha value is -1.43. The minimum Gasteiger partial charge on any atom is -0.330 e. The molecule has 0 saturated heterocycles. The van der Waals surface area contributed by atoms with Crippen molar-refractivity contribution in [3.8, 4) is 0 Å². The fraction of sp³-hybridized carbons (Fsp3) is 0.565. The van der Waals surface area contributed by atoms with Gasteiger partial charge in [0.2, 0.25) is 0 Å². The quantitative estimate of drug-likeness (QED) is 0.224. The number of rotatable bonds is 15. The van der Waals surface area contributed by atoms with Crippen molar-refractivity contribution in [1.82, 2.24) is 5.32 Å². The second-order valence-corrected chi connectivity index (χ2v) is 8.29. The van der Waals surface area contributed by atoms with Crippen LogP contribution >= 0.6 is 11.8 Å². The zero-order chi connectivity index (χ0) is 21.4. The molecular weight excluding hydrogens is 364 g/mol. The Morgan fingerprint density at radius 3 is 2.46 bits per heavy atom. The third-order valence-corrected chi connectivity index (χ3v) is 5.51. The highest BCUT2D eigenvalue weighted by molar-refractivity contribution is 8.03. The molecule has 0 radical (unpaired) electrons. The summed E-state index contributed by atoms with van der Waals surface area (Å²) < 4.78 is 0. The Bertz CT molecular complexity index is 573.